The van der Waals surface area contributed by atoms with Gasteiger partial charge >= 0.3 is 0 Å². The van der Waals surface area contributed by atoms with Gasteiger partial charge in [-0.25, -0.2) is 4.98 Å². The van der Waals surface area contributed by atoms with E-state index in [0.717, 1.165) is 16.0 Å². The Balaban J connectivity index is 1.65. The fourth-order valence-corrected chi connectivity index (χ4v) is 3.27. The Kier molecular flexibility index (Phi) is 2.95. The molecule has 0 unspecified atom stereocenters. The Labute approximate surface area is 126 Å². The van der Waals surface area contributed by atoms with Gasteiger partial charge in [0.1, 0.15) is 22.4 Å². The third kappa shape index (κ3) is 2.53. The van der Waals surface area contributed by atoms with Crippen LogP contribution in [0.3, 0.4) is 0 Å². The highest BCUT2D eigenvalue weighted by Crippen LogP contribution is 2.46. The fraction of sp³-hybridized carbons (Fsp3) is 0.429. The first-order valence-electron chi connectivity index (χ1n) is 7.16. The lowest BCUT2D eigenvalue weighted by molar-refractivity contribution is 0.626. The van der Waals surface area contributed by atoms with Crippen molar-refractivity contribution in [1.29, 1.82) is 5.41 Å². The number of aromatic nitrogens is 4. The predicted octanol–water partition coefficient (Wildman–Crippen LogP) is 2.32. The van der Waals surface area contributed by atoms with Crippen LogP contribution < -0.4 is 5.73 Å². The van der Waals surface area contributed by atoms with Crippen molar-refractivity contribution in [2.24, 2.45) is 5.73 Å². The number of amidine groups is 1. The molecule has 2 aromatic heterocycles. The van der Waals surface area contributed by atoms with Gasteiger partial charge in [-0.2, -0.15) is 0 Å². The van der Waals surface area contributed by atoms with Crippen molar-refractivity contribution in [3.8, 4) is 0 Å². The topological polar surface area (TPSA) is 93.5 Å². The molecule has 2 fully saturated rings. The van der Waals surface area contributed by atoms with Gasteiger partial charge in [0.05, 0.1) is 0 Å². The fourth-order valence-electron chi connectivity index (χ4n) is 2.37. The lowest BCUT2D eigenvalue weighted by Crippen LogP contribution is -2.13. The maximum atomic E-state index is 7.47. The molecule has 21 heavy (non-hydrogen) atoms. The third-order valence-electron chi connectivity index (χ3n) is 3.74. The molecular weight excluding hydrogens is 284 g/mol. The Morgan fingerprint density at radius 1 is 1.24 bits per heavy atom. The van der Waals surface area contributed by atoms with Crippen LogP contribution in [-0.2, 0) is 0 Å². The summed E-state index contributed by atoms with van der Waals surface area (Å²) in [5.41, 5.74) is 5.99. The third-order valence-corrected chi connectivity index (χ3v) is 4.64. The van der Waals surface area contributed by atoms with Gasteiger partial charge in [-0.3, -0.25) is 5.41 Å². The summed E-state index contributed by atoms with van der Waals surface area (Å²) in [4.78, 5) is 4.39. The minimum absolute atomic E-state index is 0.0141. The average molecular weight is 300 g/mol. The molecule has 0 aliphatic heterocycles. The van der Waals surface area contributed by atoms with Crippen molar-refractivity contribution in [2.45, 2.75) is 47.8 Å². The van der Waals surface area contributed by atoms with Crippen LogP contribution >= 0.6 is 11.8 Å². The van der Waals surface area contributed by atoms with Crippen molar-refractivity contribution in [1.82, 2.24) is 19.7 Å². The second-order valence-electron chi connectivity index (χ2n) is 5.59. The number of hydrogen-bond donors (Lipinski definition) is 2. The largest absolute Gasteiger partial charge is 0.382 e. The van der Waals surface area contributed by atoms with E-state index in [1.807, 2.05) is 12.1 Å². The standard InChI is InChI=1S/C14H16N6S/c15-12(16)10-2-1-3-11(17-10)21-14-19-18-13(8-4-5-8)20(14)9-6-7-9/h1-3,8-9H,4-7H2,(H3,15,16). The van der Waals surface area contributed by atoms with Crippen molar-refractivity contribution in [3.63, 3.8) is 0 Å². The Bertz CT molecular complexity index is 701. The predicted molar refractivity (Wildman–Crippen MR) is 79.6 cm³/mol. The van der Waals surface area contributed by atoms with E-state index >= 15 is 0 Å². The van der Waals surface area contributed by atoms with Crippen molar-refractivity contribution >= 4 is 17.6 Å². The Morgan fingerprint density at radius 2 is 2.05 bits per heavy atom. The summed E-state index contributed by atoms with van der Waals surface area (Å²) in [7, 11) is 0. The molecule has 0 atom stereocenters. The molecule has 108 valence electrons. The molecular formula is C14H16N6S. The van der Waals surface area contributed by atoms with E-state index in [-0.39, 0.29) is 5.84 Å². The molecule has 4 rings (SSSR count). The number of rotatable bonds is 5. The summed E-state index contributed by atoms with van der Waals surface area (Å²) in [6.07, 6.45) is 4.89. The summed E-state index contributed by atoms with van der Waals surface area (Å²) in [5, 5.41) is 17.9. The SMILES string of the molecule is N=C(N)c1cccc(Sc2nnc(C3CC3)n2C2CC2)n1. The summed E-state index contributed by atoms with van der Waals surface area (Å²) in [5.74, 6) is 1.73. The summed E-state index contributed by atoms with van der Waals surface area (Å²) in [6.45, 7) is 0. The first kappa shape index (κ1) is 12.8. The van der Waals surface area contributed by atoms with Crippen LogP contribution in [0.5, 0.6) is 0 Å². The van der Waals surface area contributed by atoms with E-state index in [1.165, 1.54) is 37.4 Å². The van der Waals surface area contributed by atoms with Gasteiger partial charge in [-0.15, -0.1) is 10.2 Å². The number of hydrogen-bond acceptors (Lipinski definition) is 5. The second kappa shape index (κ2) is 4.84. The highest BCUT2D eigenvalue weighted by atomic mass is 32.2. The monoisotopic (exact) mass is 300 g/mol. The smallest absolute Gasteiger partial charge is 0.197 e. The molecule has 0 bridgehead atoms. The van der Waals surface area contributed by atoms with Gasteiger partial charge in [-0.1, -0.05) is 6.07 Å². The van der Waals surface area contributed by atoms with E-state index in [9.17, 15) is 0 Å². The van der Waals surface area contributed by atoms with E-state index in [2.05, 4.69) is 19.7 Å². The first-order valence-corrected chi connectivity index (χ1v) is 7.98. The quantitative estimate of drug-likeness (QED) is 0.653. The van der Waals surface area contributed by atoms with Crippen molar-refractivity contribution in [2.75, 3.05) is 0 Å². The number of nitrogens with zero attached hydrogens (tertiary/aromatic N) is 4. The molecule has 2 aliphatic carbocycles. The van der Waals surface area contributed by atoms with Gasteiger partial charge in [-0.05, 0) is 49.6 Å². The first-order chi connectivity index (χ1) is 10.2. The molecule has 0 amide bonds. The maximum Gasteiger partial charge on any atom is 0.197 e. The lowest BCUT2D eigenvalue weighted by atomic mass is 10.3. The lowest BCUT2D eigenvalue weighted by Gasteiger charge is -2.08. The van der Waals surface area contributed by atoms with Gasteiger partial charge < -0.3 is 10.3 Å². The zero-order valence-corrected chi connectivity index (χ0v) is 12.3. The Morgan fingerprint density at radius 3 is 2.71 bits per heavy atom. The molecule has 0 spiro atoms. The van der Waals surface area contributed by atoms with E-state index < -0.39 is 0 Å². The summed E-state index contributed by atoms with van der Waals surface area (Å²) < 4.78 is 2.30. The number of pyridine rings is 1. The highest BCUT2D eigenvalue weighted by Gasteiger charge is 2.36. The van der Waals surface area contributed by atoms with E-state index in [1.54, 1.807) is 6.07 Å². The minimum Gasteiger partial charge on any atom is -0.382 e. The maximum absolute atomic E-state index is 7.47. The van der Waals surface area contributed by atoms with Crippen LogP contribution in [-0.4, -0.2) is 25.6 Å². The van der Waals surface area contributed by atoms with Crippen LogP contribution in [0.2, 0.25) is 0 Å². The van der Waals surface area contributed by atoms with E-state index in [4.69, 9.17) is 11.1 Å². The zero-order valence-electron chi connectivity index (χ0n) is 11.5. The summed E-state index contributed by atoms with van der Waals surface area (Å²) >= 11 is 1.51. The normalized spacial score (nSPS) is 17.9. The van der Waals surface area contributed by atoms with Gasteiger partial charge in [0, 0.05) is 12.0 Å². The van der Waals surface area contributed by atoms with Crippen LogP contribution in [0.4, 0.5) is 0 Å². The molecule has 2 aliphatic rings. The number of nitrogens with one attached hydrogen (secondary N) is 1. The number of nitrogens with two attached hydrogens (primary N) is 1. The molecule has 7 heteroatoms. The van der Waals surface area contributed by atoms with Crippen LogP contribution in [0, 0.1) is 5.41 Å². The molecule has 0 aromatic carbocycles. The Hall–Kier alpha value is -1.89. The van der Waals surface area contributed by atoms with Crippen LogP contribution in [0.1, 0.15) is 49.2 Å². The average Bonchev–Trinajstić information content (AvgIpc) is 3.39. The van der Waals surface area contributed by atoms with Crippen molar-refractivity contribution < 1.29 is 0 Å². The van der Waals surface area contributed by atoms with Gasteiger partial charge in [0.15, 0.2) is 5.16 Å². The molecule has 0 radical (unpaired) electrons. The summed E-state index contributed by atoms with van der Waals surface area (Å²) in [6, 6.07) is 6.09. The van der Waals surface area contributed by atoms with Gasteiger partial charge in [0.2, 0.25) is 0 Å². The molecule has 2 saturated carbocycles. The zero-order chi connectivity index (χ0) is 14.4. The highest BCUT2D eigenvalue weighted by molar-refractivity contribution is 7.99. The molecule has 6 nitrogen and oxygen atoms in total. The van der Waals surface area contributed by atoms with E-state index in [0.29, 0.717) is 17.7 Å². The molecule has 3 N–H and O–H groups in total. The van der Waals surface area contributed by atoms with Crippen LogP contribution in [0.25, 0.3) is 0 Å². The van der Waals surface area contributed by atoms with Gasteiger partial charge in [0.25, 0.3) is 0 Å². The molecule has 0 saturated heterocycles. The molecule has 2 heterocycles. The van der Waals surface area contributed by atoms with Crippen LogP contribution in [0.15, 0.2) is 28.4 Å². The molecule has 2 aromatic rings. The second-order valence-corrected chi connectivity index (χ2v) is 6.58. The minimum atomic E-state index is -0.0141. The van der Waals surface area contributed by atoms with Crippen molar-refractivity contribution in [3.05, 3.63) is 29.7 Å². The number of nitrogen functional groups attached to an aromatic ring is 1.